The number of benzene rings is 1. The van der Waals surface area contributed by atoms with E-state index in [1.807, 2.05) is 12.1 Å². The molecule has 0 spiro atoms. The van der Waals surface area contributed by atoms with Crippen LogP contribution in [0.5, 0.6) is 5.75 Å². The molecule has 70 valence electrons. The second-order valence-corrected chi connectivity index (χ2v) is 3.57. The van der Waals surface area contributed by atoms with E-state index in [1.165, 1.54) is 11.1 Å². The second kappa shape index (κ2) is 3.38. The van der Waals surface area contributed by atoms with E-state index in [1.54, 1.807) is 0 Å². The summed E-state index contributed by atoms with van der Waals surface area (Å²) >= 11 is 0. The first-order valence-electron chi connectivity index (χ1n) is 4.75. The first-order valence-corrected chi connectivity index (χ1v) is 4.75. The molecule has 1 aromatic carbocycles. The second-order valence-electron chi connectivity index (χ2n) is 3.57. The van der Waals surface area contributed by atoms with Crippen LogP contribution in [-0.4, -0.2) is 13.2 Å². The van der Waals surface area contributed by atoms with Gasteiger partial charge in [-0.05, 0) is 31.5 Å². The lowest BCUT2D eigenvalue weighted by Crippen LogP contribution is -2.08. The van der Waals surface area contributed by atoms with Gasteiger partial charge in [-0.25, -0.2) is 0 Å². The number of aryl methyl sites for hydroxylation is 1. The monoisotopic (exact) mass is 177 g/mol. The molecule has 0 amide bonds. The largest absolute Gasteiger partial charge is 0.493 e. The molecule has 0 saturated carbocycles. The van der Waals surface area contributed by atoms with Gasteiger partial charge in [0.05, 0.1) is 6.61 Å². The Morgan fingerprint density at radius 1 is 1.54 bits per heavy atom. The Labute approximate surface area is 78.7 Å². The van der Waals surface area contributed by atoms with Crippen molar-refractivity contribution in [3.63, 3.8) is 0 Å². The molecule has 2 nitrogen and oxygen atoms in total. The summed E-state index contributed by atoms with van der Waals surface area (Å²) in [5.74, 6) is 1.57. The third-order valence-corrected chi connectivity index (χ3v) is 2.65. The van der Waals surface area contributed by atoms with Crippen molar-refractivity contribution in [2.45, 2.75) is 19.3 Å². The first-order chi connectivity index (χ1) is 6.33. The van der Waals surface area contributed by atoms with Gasteiger partial charge in [0.15, 0.2) is 0 Å². The van der Waals surface area contributed by atoms with Gasteiger partial charge in [0.1, 0.15) is 5.75 Å². The molecule has 13 heavy (non-hydrogen) atoms. The SMILES string of the molecule is Cc1cccc2c1C(CCN)CO2. The molecule has 1 aromatic rings. The van der Waals surface area contributed by atoms with E-state index in [9.17, 15) is 0 Å². The minimum absolute atomic E-state index is 0.515. The highest BCUT2D eigenvalue weighted by atomic mass is 16.5. The third kappa shape index (κ3) is 1.42. The number of rotatable bonds is 2. The molecule has 0 aliphatic carbocycles. The molecule has 0 radical (unpaired) electrons. The Morgan fingerprint density at radius 3 is 3.15 bits per heavy atom. The van der Waals surface area contributed by atoms with Gasteiger partial charge in [-0.1, -0.05) is 12.1 Å². The predicted octanol–water partition coefficient (Wildman–Crippen LogP) is 1.82. The van der Waals surface area contributed by atoms with Gasteiger partial charge < -0.3 is 10.5 Å². The summed E-state index contributed by atoms with van der Waals surface area (Å²) in [7, 11) is 0. The van der Waals surface area contributed by atoms with Crippen LogP contribution < -0.4 is 10.5 Å². The Balaban J connectivity index is 2.34. The molecule has 1 aliphatic rings. The topological polar surface area (TPSA) is 35.2 Å². The maximum atomic E-state index is 5.59. The minimum atomic E-state index is 0.515. The van der Waals surface area contributed by atoms with Crippen LogP contribution in [0.4, 0.5) is 0 Å². The molecule has 1 aliphatic heterocycles. The van der Waals surface area contributed by atoms with Crippen LogP contribution in [0.25, 0.3) is 0 Å². The maximum absolute atomic E-state index is 5.59. The minimum Gasteiger partial charge on any atom is -0.493 e. The van der Waals surface area contributed by atoms with Gasteiger partial charge >= 0.3 is 0 Å². The summed E-state index contributed by atoms with van der Waals surface area (Å²) < 4.78 is 5.59. The van der Waals surface area contributed by atoms with Crippen molar-refractivity contribution in [2.75, 3.05) is 13.2 Å². The van der Waals surface area contributed by atoms with Crippen LogP contribution >= 0.6 is 0 Å². The average molecular weight is 177 g/mol. The van der Waals surface area contributed by atoms with Crippen LogP contribution in [0, 0.1) is 6.92 Å². The van der Waals surface area contributed by atoms with E-state index in [-0.39, 0.29) is 0 Å². The van der Waals surface area contributed by atoms with Crippen LogP contribution in [0.2, 0.25) is 0 Å². The van der Waals surface area contributed by atoms with Crippen LogP contribution in [0.15, 0.2) is 18.2 Å². The fourth-order valence-electron chi connectivity index (χ4n) is 2.01. The predicted molar refractivity (Wildman–Crippen MR) is 53.1 cm³/mol. The molecule has 2 heteroatoms. The van der Waals surface area contributed by atoms with Crippen molar-refractivity contribution in [2.24, 2.45) is 5.73 Å². The molecule has 1 heterocycles. The van der Waals surface area contributed by atoms with Gasteiger partial charge in [-0.2, -0.15) is 0 Å². The lowest BCUT2D eigenvalue weighted by molar-refractivity contribution is 0.326. The van der Waals surface area contributed by atoms with Crippen molar-refractivity contribution in [3.8, 4) is 5.75 Å². The number of fused-ring (bicyclic) bond motifs is 1. The van der Waals surface area contributed by atoms with E-state index in [0.717, 1.165) is 25.3 Å². The molecule has 1 atom stereocenters. The zero-order valence-electron chi connectivity index (χ0n) is 7.92. The summed E-state index contributed by atoms with van der Waals surface area (Å²) in [6.07, 6.45) is 1.03. The van der Waals surface area contributed by atoms with Crippen LogP contribution in [-0.2, 0) is 0 Å². The van der Waals surface area contributed by atoms with E-state index < -0.39 is 0 Å². The average Bonchev–Trinajstić information content (AvgIpc) is 2.51. The molecule has 0 aromatic heterocycles. The Hall–Kier alpha value is -1.02. The molecule has 1 unspecified atom stereocenters. The zero-order chi connectivity index (χ0) is 9.26. The highest BCUT2D eigenvalue weighted by Gasteiger charge is 2.24. The number of ether oxygens (including phenoxy) is 1. The number of hydrogen-bond donors (Lipinski definition) is 1. The van der Waals surface area contributed by atoms with Gasteiger partial charge in [-0.15, -0.1) is 0 Å². The van der Waals surface area contributed by atoms with Gasteiger partial charge in [0, 0.05) is 11.5 Å². The summed E-state index contributed by atoms with van der Waals surface area (Å²) in [4.78, 5) is 0. The maximum Gasteiger partial charge on any atom is 0.123 e. The van der Waals surface area contributed by atoms with Gasteiger partial charge in [0.25, 0.3) is 0 Å². The fraction of sp³-hybridized carbons (Fsp3) is 0.455. The molecule has 0 saturated heterocycles. The lowest BCUT2D eigenvalue weighted by Gasteiger charge is -2.08. The van der Waals surface area contributed by atoms with Crippen molar-refractivity contribution in [1.82, 2.24) is 0 Å². The summed E-state index contributed by atoms with van der Waals surface area (Å²) in [5, 5.41) is 0. The van der Waals surface area contributed by atoms with E-state index in [4.69, 9.17) is 10.5 Å². The van der Waals surface area contributed by atoms with Crippen LogP contribution in [0.3, 0.4) is 0 Å². The first kappa shape index (κ1) is 8.57. The molecular formula is C11H15NO. The van der Waals surface area contributed by atoms with Crippen molar-refractivity contribution >= 4 is 0 Å². The molecule has 2 rings (SSSR count). The quantitative estimate of drug-likeness (QED) is 0.747. The van der Waals surface area contributed by atoms with Crippen LogP contribution in [0.1, 0.15) is 23.5 Å². The van der Waals surface area contributed by atoms with E-state index >= 15 is 0 Å². The summed E-state index contributed by atoms with van der Waals surface area (Å²) in [5.41, 5.74) is 8.26. The van der Waals surface area contributed by atoms with Gasteiger partial charge in [0.2, 0.25) is 0 Å². The highest BCUT2D eigenvalue weighted by Crippen LogP contribution is 2.37. The lowest BCUT2D eigenvalue weighted by atomic mass is 9.94. The number of hydrogen-bond acceptors (Lipinski definition) is 2. The van der Waals surface area contributed by atoms with Crippen molar-refractivity contribution < 1.29 is 4.74 Å². The fourth-order valence-corrected chi connectivity index (χ4v) is 2.01. The third-order valence-electron chi connectivity index (χ3n) is 2.65. The van der Waals surface area contributed by atoms with E-state index in [2.05, 4.69) is 13.0 Å². The molecule has 0 bridgehead atoms. The summed E-state index contributed by atoms with van der Waals surface area (Å²) in [6.45, 7) is 3.68. The Kier molecular flexibility index (Phi) is 2.23. The molecular weight excluding hydrogens is 162 g/mol. The smallest absolute Gasteiger partial charge is 0.123 e. The van der Waals surface area contributed by atoms with Crippen molar-refractivity contribution in [1.29, 1.82) is 0 Å². The molecule has 0 fully saturated rings. The standard InChI is InChI=1S/C11H15NO/c1-8-3-2-4-10-11(8)9(5-6-12)7-13-10/h2-4,9H,5-7,12H2,1H3. The zero-order valence-corrected chi connectivity index (χ0v) is 7.92. The van der Waals surface area contributed by atoms with Gasteiger partial charge in [-0.3, -0.25) is 0 Å². The van der Waals surface area contributed by atoms with E-state index in [0.29, 0.717) is 5.92 Å². The Bertz CT molecular complexity index is 307. The van der Waals surface area contributed by atoms with Crippen molar-refractivity contribution in [3.05, 3.63) is 29.3 Å². The Morgan fingerprint density at radius 2 is 2.38 bits per heavy atom. The normalized spacial score (nSPS) is 19.7. The number of nitrogens with two attached hydrogens (primary N) is 1. The highest BCUT2D eigenvalue weighted by molar-refractivity contribution is 5.45. The summed E-state index contributed by atoms with van der Waals surface area (Å²) in [6, 6.07) is 6.22. The molecule has 2 N–H and O–H groups in total.